The van der Waals surface area contributed by atoms with E-state index >= 15 is 0 Å². The van der Waals surface area contributed by atoms with E-state index in [9.17, 15) is 0 Å². The summed E-state index contributed by atoms with van der Waals surface area (Å²) in [6.45, 7) is 7.02. The maximum atomic E-state index is 2.42. The van der Waals surface area contributed by atoms with Crippen molar-refractivity contribution < 1.29 is 0 Å². The molecule has 0 aromatic rings. The lowest BCUT2D eigenvalue weighted by Crippen LogP contribution is -2.24. The first kappa shape index (κ1) is 11.3. The Hall–Kier alpha value is 0.310. The average molecular weight is 175 g/mol. The molecule has 11 heavy (non-hydrogen) atoms. The highest BCUT2D eigenvalue weighted by Gasteiger charge is 1.99. The molecule has 0 fully saturated rings. The summed E-state index contributed by atoms with van der Waals surface area (Å²) in [5, 5.41) is 0. The Labute approximate surface area is 75.5 Å². The first-order chi connectivity index (χ1) is 5.16. The lowest BCUT2D eigenvalue weighted by molar-refractivity contribution is 0.297. The summed E-state index contributed by atoms with van der Waals surface area (Å²) < 4.78 is 0. The molecule has 0 aromatic heterocycles. The van der Waals surface area contributed by atoms with Gasteiger partial charge in [0.1, 0.15) is 0 Å². The molecule has 68 valence electrons. The zero-order valence-electron chi connectivity index (χ0n) is 8.26. The molecule has 0 aliphatic rings. The molecule has 0 aliphatic heterocycles. The third-order valence-corrected chi connectivity index (χ3v) is 2.26. The van der Waals surface area contributed by atoms with E-state index in [1.807, 2.05) is 11.8 Å². The van der Waals surface area contributed by atoms with Crippen molar-refractivity contribution in [3.05, 3.63) is 0 Å². The van der Waals surface area contributed by atoms with Crippen LogP contribution in [0.2, 0.25) is 0 Å². The molecule has 0 aromatic carbocycles. The van der Waals surface area contributed by atoms with Crippen LogP contribution >= 0.6 is 11.8 Å². The lowest BCUT2D eigenvalue weighted by Gasteiger charge is -2.18. The van der Waals surface area contributed by atoms with E-state index in [0.717, 1.165) is 5.92 Å². The van der Waals surface area contributed by atoms with Crippen LogP contribution < -0.4 is 0 Å². The molecular formula is C9H21NS. The fourth-order valence-electron chi connectivity index (χ4n) is 1.19. The highest BCUT2D eigenvalue weighted by atomic mass is 32.2. The van der Waals surface area contributed by atoms with Gasteiger partial charge in [0.2, 0.25) is 0 Å². The number of hydrogen-bond acceptors (Lipinski definition) is 2. The molecule has 2 heteroatoms. The third-order valence-electron chi connectivity index (χ3n) is 1.57. The summed E-state index contributed by atoms with van der Waals surface area (Å²) in [5.74, 6) is 2.09. The van der Waals surface area contributed by atoms with E-state index in [0.29, 0.717) is 0 Å². The Bertz CT molecular complexity index is 83.6. The van der Waals surface area contributed by atoms with Gasteiger partial charge in [0.15, 0.2) is 0 Å². The number of thioether (sulfide) groups is 1. The van der Waals surface area contributed by atoms with Gasteiger partial charge in [0.05, 0.1) is 0 Å². The van der Waals surface area contributed by atoms with E-state index in [1.54, 1.807) is 0 Å². The van der Waals surface area contributed by atoms with E-state index in [4.69, 9.17) is 0 Å². The molecule has 0 rings (SSSR count). The SMILES string of the molecule is CSCCCN(C)CC(C)C. The predicted octanol–water partition coefficient (Wildman–Crippen LogP) is 2.33. The maximum absolute atomic E-state index is 2.42. The summed E-state index contributed by atoms with van der Waals surface area (Å²) in [6, 6.07) is 0. The van der Waals surface area contributed by atoms with Crippen molar-refractivity contribution >= 4 is 11.8 Å². The smallest absolute Gasteiger partial charge is 0.000134 e. The van der Waals surface area contributed by atoms with Gasteiger partial charge in [0.25, 0.3) is 0 Å². The van der Waals surface area contributed by atoms with Crippen LogP contribution in [0.4, 0.5) is 0 Å². The van der Waals surface area contributed by atoms with E-state index in [1.165, 1.54) is 25.3 Å². The van der Waals surface area contributed by atoms with Crippen molar-refractivity contribution in [1.29, 1.82) is 0 Å². The fraction of sp³-hybridized carbons (Fsp3) is 1.00. The summed E-state index contributed by atoms with van der Waals surface area (Å²) in [4.78, 5) is 2.42. The Morgan fingerprint density at radius 3 is 2.45 bits per heavy atom. The Kier molecular flexibility index (Phi) is 7.18. The van der Waals surface area contributed by atoms with Crippen molar-refractivity contribution in [3.8, 4) is 0 Å². The van der Waals surface area contributed by atoms with Gasteiger partial charge >= 0.3 is 0 Å². The van der Waals surface area contributed by atoms with Gasteiger partial charge < -0.3 is 4.90 Å². The predicted molar refractivity (Wildman–Crippen MR) is 55.3 cm³/mol. The molecule has 0 unspecified atom stereocenters. The normalized spacial score (nSPS) is 11.5. The zero-order chi connectivity index (χ0) is 8.69. The second kappa shape index (κ2) is 6.99. The van der Waals surface area contributed by atoms with E-state index in [2.05, 4.69) is 32.1 Å². The van der Waals surface area contributed by atoms with Crippen LogP contribution in [0.1, 0.15) is 20.3 Å². The molecule has 0 N–H and O–H groups in total. The first-order valence-electron chi connectivity index (χ1n) is 4.34. The van der Waals surface area contributed by atoms with Crippen LogP contribution in [0, 0.1) is 5.92 Å². The largest absolute Gasteiger partial charge is 0.306 e. The molecule has 1 nitrogen and oxygen atoms in total. The molecule has 0 amide bonds. The Morgan fingerprint density at radius 1 is 1.36 bits per heavy atom. The van der Waals surface area contributed by atoms with Gasteiger partial charge in [0, 0.05) is 6.54 Å². The van der Waals surface area contributed by atoms with Gasteiger partial charge in [-0.3, -0.25) is 0 Å². The van der Waals surface area contributed by atoms with Gasteiger partial charge in [-0.15, -0.1) is 0 Å². The molecular weight excluding hydrogens is 154 g/mol. The number of hydrogen-bond donors (Lipinski definition) is 0. The van der Waals surface area contributed by atoms with Crippen LogP contribution in [0.15, 0.2) is 0 Å². The van der Waals surface area contributed by atoms with Crippen molar-refractivity contribution in [2.24, 2.45) is 5.92 Å². The molecule has 0 bridgehead atoms. The minimum absolute atomic E-state index is 0.800. The number of nitrogens with zero attached hydrogens (tertiary/aromatic N) is 1. The second-order valence-electron chi connectivity index (χ2n) is 3.50. The van der Waals surface area contributed by atoms with Gasteiger partial charge in [-0.2, -0.15) is 11.8 Å². The molecule has 0 aliphatic carbocycles. The standard InChI is InChI=1S/C9H21NS/c1-9(2)8-10(3)6-5-7-11-4/h9H,5-8H2,1-4H3. The zero-order valence-corrected chi connectivity index (χ0v) is 9.08. The molecule has 0 saturated heterocycles. The molecule has 0 spiro atoms. The van der Waals surface area contributed by atoms with Crippen LogP contribution in [-0.4, -0.2) is 37.0 Å². The van der Waals surface area contributed by atoms with Gasteiger partial charge in [-0.25, -0.2) is 0 Å². The quantitative estimate of drug-likeness (QED) is 0.570. The molecule has 0 saturated carbocycles. The Balaban J connectivity index is 3.15. The van der Waals surface area contributed by atoms with Crippen molar-refractivity contribution in [2.75, 3.05) is 32.1 Å². The summed E-state index contributed by atoms with van der Waals surface area (Å²) >= 11 is 1.94. The summed E-state index contributed by atoms with van der Waals surface area (Å²) in [7, 11) is 2.21. The Morgan fingerprint density at radius 2 is 2.00 bits per heavy atom. The van der Waals surface area contributed by atoms with Crippen molar-refractivity contribution in [3.63, 3.8) is 0 Å². The highest BCUT2D eigenvalue weighted by Crippen LogP contribution is 1.99. The monoisotopic (exact) mass is 175 g/mol. The van der Waals surface area contributed by atoms with Crippen LogP contribution in [0.5, 0.6) is 0 Å². The van der Waals surface area contributed by atoms with Gasteiger partial charge in [-0.05, 0) is 37.9 Å². The fourth-order valence-corrected chi connectivity index (χ4v) is 1.61. The highest BCUT2D eigenvalue weighted by molar-refractivity contribution is 7.98. The minimum Gasteiger partial charge on any atom is -0.306 e. The van der Waals surface area contributed by atoms with Crippen LogP contribution in [0.3, 0.4) is 0 Å². The van der Waals surface area contributed by atoms with Crippen molar-refractivity contribution in [1.82, 2.24) is 4.90 Å². The molecule has 0 atom stereocenters. The van der Waals surface area contributed by atoms with E-state index in [-0.39, 0.29) is 0 Å². The van der Waals surface area contributed by atoms with Crippen LogP contribution in [0.25, 0.3) is 0 Å². The second-order valence-corrected chi connectivity index (χ2v) is 4.49. The maximum Gasteiger partial charge on any atom is 0.000134 e. The summed E-state index contributed by atoms with van der Waals surface area (Å²) in [6.07, 6.45) is 3.49. The molecule has 0 radical (unpaired) electrons. The van der Waals surface area contributed by atoms with Crippen LogP contribution in [-0.2, 0) is 0 Å². The summed E-state index contributed by atoms with van der Waals surface area (Å²) in [5.41, 5.74) is 0. The van der Waals surface area contributed by atoms with Gasteiger partial charge in [-0.1, -0.05) is 13.8 Å². The lowest BCUT2D eigenvalue weighted by atomic mass is 10.2. The first-order valence-corrected chi connectivity index (χ1v) is 5.73. The average Bonchev–Trinajstić information content (AvgIpc) is 1.86. The number of rotatable bonds is 6. The molecule has 0 heterocycles. The van der Waals surface area contributed by atoms with E-state index < -0.39 is 0 Å². The topological polar surface area (TPSA) is 3.24 Å². The van der Waals surface area contributed by atoms with Crippen molar-refractivity contribution in [2.45, 2.75) is 20.3 Å². The third kappa shape index (κ3) is 8.21. The minimum atomic E-state index is 0.800.